The van der Waals surface area contributed by atoms with Crippen molar-refractivity contribution in [3.05, 3.63) is 48.1 Å². The van der Waals surface area contributed by atoms with Crippen LogP contribution in [0.3, 0.4) is 0 Å². The third kappa shape index (κ3) is 2.23. The van der Waals surface area contributed by atoms with Gasteiger partial charge in [0.05, 0.1) is 5.41 Å². The molecule has 0 saturated carbocycles. The van der Waals surface area contributed by atoms with Crippen LogP contribution in [0.4, 0.5) is 0 Å². The lowest BCUT2D eigenvalue weighted by atomic mass is 9.81. The van der Waals surface area contributed by atoms with Gasteiger partial charge < -0.3 is 10.2 Å². The fourth-order valence-corrected chi connectivity index (χ4v) is 1.76. The van der Waals surface area contributed by atoms with Crippen LogP contribution in [0.1, 0.15) is 18.9 Å². The first-order chi connectivity index (χ1) is 8.01. The second-order valence-corrected chi connectivity index (χ2v) is 4.47. The molecule has 0 spiro atoms. The SMILES string of the molecule is CC1(C(=O)O)C=CC(c2ccc(O)cc2)=CC1. The number of hydrogen-bond donors (Lipinski definition) is 2. The number of phenolic OH excluding ortho intramolecular Hbond substituents is 1. The van der Waals surface area contributed by atoms with E-state index in [9.17, 15) is 9.90 Å². The molecule has 2 rings (SSSR count). The summed E-state index contributed by atoms with van der Waals surface area (Å²) in [6.07, 6.45) is 5.94. The molecule has 0 heterocycles. The number of rotatable bonds is 2. The van der Waals surface area contributed by atoms with Gasteiger partial charge in [-0.1, -0.05) is 30.4 Å². The number of phenols is 1. The summed E-state index contributed by atoms with van der Waals surface area (Å²) in [6, 6.07) is 6.87. The standard InChI is InChI=1S/C14H14O3/c1-14(13(16)17)8-6-11(7-9-14)10-2-4-12(15)5-3-10/h2-8,15H,9H2,1H3,(H,16,17). The molecule has 0 amide bonds. The maximum atomic E-state index is 11.1. The molecule has 0 fully saturated rings. The summed E-state index contributed by atoms with van der Waals surface area (Å²) in [6.45, 7) is 1.70. The van der Waals surface area contributed by atoms with E-state index in [0.717, 1.165) is 11.1 Å². The largest absolute Gasteiger partial charge is 0.508 e. The van der Waals surface area contributed by atoms with Crippen molar-refractivity contribution >= 4 is 11.5 Å². The fraction of sp³-hybridized carbons (Fsp3) is 0.214. The van der Waals surface area contributed by atoms with Crippen LogP contribution >= 0.6 is 0 Å². The zero-order valence-electron chi connectivity index (χ0n) is 9.55. The minimum Gasteiger partial charge on any atom is -0.508 e. The van der Waals surface area contributed by atoms with E-state index in [0.29, 0.717) is 6.42 Å². The summed E-state index contributed by atoms with van der Waals surface area (Å²) in [4.78, 5) is 11.1. The molecule has 0 aromatic heterocycles. The zero-order valence-corrected chi connectivity index (χ0v) is 9.55. The number of carbonyl (C=O) groups is 1. The normalized spacial score (nSPS) is 23.2. The Morgan fingerprint density at radius 3 is 2.41 bits per heavy atom. The number of hydrogen-bond acceptors (Lipinski definition) is 2. The fourth-order valence-electron chi connectivity index (χ4n) is 1.76. The maximum Gasteiger partial charge on any atom is 0.313 e. The van der Waals surface area contributed by atoms with Crippen LogP contribution in [0, 0.1) is 5.41 Å². The number of aromatic hydroxyl groups is 1. The van der Waals surface area contributed by atoms with E-state index in [1.165, 1.54) is 0 Å². The molecular weight excluding hydrogens is 216 g/mol. The van der Waals surface area contributed by atoms with Crippen LogP contribution in [-0.4, -0.2) is 16.2 Å². The lowest BCUT2D eigenvalue weighted by Crippen LogP contribution is -2.25. The third-order valence-electron chi connectivity index (χ3n) is 3.07. The van der Waals surface area contributed by atoms with Gasteiger partial charge in [-0.3, -0.25) is 4.79 Å². The molecule has 0 aliphatic heterocycles. The Labute approximate surface area is 99.7 Å². The molecule has 1 unspecified atom stereocenters. The quantitative estimate of drug-likeness (QED) is 0.821. The monoisotopic (exact) mass is 230 g/mol. The summed E-state index contributed by atoms with van der Waals surface area (Å²) in [5.74, 6) is -0.584. The second-order valence-electron chi connectivity index (χ2n) is 4.47. The Morgan fingerprint density at radius 2 is 1.94 bits per heavy atom. The predicted octanol–water partition coefficient (Wildman–Crippen LogP) is 2.83. The molecular formula is C14H14O3. The van der Waals surface area contributed by atoms with Crippen molar-refractivity contribution in [2.45, 2.75) is 13.3 Å². The molecule has 1 aromatic rings. The van der Waals surface area contributed by atoms with Crippen molar-refractivity contribution in [1.29, 1.82) is 0 Å². The van der Waals surface area contributed by atoms with E-state index >= 15 is 0 Å². The number of carboxylic acid groups (broad SMARTS) is 1. The van der Waals surface area contributed by atoms with Crippen LogP contribution in [0.5, 0.6) is 5.75 Å². The van der Waals surface area contributed by atoms with Crippen LogP contribution < -0.4 is 0 Å². The molecule has 1 aliphatic carbocycles. The topological polar surface area (TPSA) is 57.5 Å². The van der Waals surface area contributed by atoms with Crippen molar-refractivity contribution < 1.29 is 15.0 Å². The van der Waals surface area contributed by atoms with E-state index in [1.54, 1.807) is 25.1 Å². The van der Waals surface area contributed by atoms with Crippen molar-refractivity contribution in [2.24, 2.45) is 5.41 Å². The van der Waals surface area contributed by atoms with Gasteiger partial charge in [-0.2, -0.15) is 0 Å². The van der Waals surface area contributed by atoms with Gasteiger partial charge in [-0.25, -0.2) is 0 Å². The smallest absolute Gasteiger partial charge is 0.313 e. The Kier molecular flexibility index (Phi) is 2.76. The van der Waals surface area contributed by atoms with E-state index < -0.39 is 11.4 Å². The van der Waals surface area contributed by atoms with Crippen molar-refractivity contribution in [3.63, 3.8) is 0 Å². The lowest BCUT2D eigenvalue weighted by molar-refractivity contribution is -0.145. The van der Waals surface area contributed by atoms with Crippen molar-refractivity contribution in [1.82, 2.24) is 0 Å². The van der Waals surface area contributed by atoms with Gasteiger partial charge in [-0.05, 0) is 36.6 Å². The number of aliphatic carboxylic acids is 1. The number of carboxylic acids is 1. The first kappa shape index (κ1) is 11.5. The van der Waals surface area contributed by atoms with Crippen LogP contribution in [0.25, 0.3) is 5.57 Å². The average molecular weight is 230 g/mol. The molecule has 88 valence electrons. The maximum absolute atomic E-state index is 11.1. The molecule has 3 nitrogen and oxygen atoms in total. The summed E-state index contributed by atoms with van der Waals surface area (Å²) in [5, 5.41) is 18.3. The molecule has 17 heavy (non-hydrogen) atoms. The van der Waals surface area contributed by atoms with Crippen LogP contribution in [0.2, 0.25) is 0 Å². The number of benzene rings is 1. The van der Waals surface area contributed by atoms with Gasteiger partial charge in [-0.15, -0.1) is 0 Å². The Morgan fingerprint density at radius 1 is 1.29 bits per heavy atom. The summed E-state index contributed by atoms with van der Waals surface area (Å²) >= 11 is 0. The van der Waals surface area contributed by atoms with E-state index in [-0.39, 0.29) is 5.75 Å². The zero-order chi connectivity index (χ0) is 12.5. The van der Waals surface area contributed by atoms with Gasteiger partial charge in [0.1, 0.15) is 5.75 Å². The second kappa shape index (κ2) is 4.09. The Bertz CT molecular complexity index is 497. The highest BCUT2D eigenvalue weighted by Gasteiger charge is 2.30. The molecule has 1 aliphatic rings. The molecule has 0 saturated heterocycles. The van der Waals surface area contributed by atoms with Crippen molar-refractivity contribution in [2.75, 3.05) is 0 Å². The van der Waals surface area contributed by atoms with Crippen LogP contribution in [-0.2, 0) is 4.79 Å². The van der Waals surface area contributed by atoms with Gasteiger partial charge in [0.2, 0.25) is 0 Å². The molecule has 0 radical (unpaired) electrons. The molecule has 2 N–H and O–H groups in total. The molecule has 1 atom stereocenters. The van der Waals surface area contributed by atoms with Crippen molar-refractivity contribution in [3.8, 4) is 5.75 Å². The van der Waals surface area contributed by atoms with Crippen LogP contribution in [0.15, 0.2) is 42.5 Å². The van der Waals surface area contributed by atoms with Gasteiger partial charge >= 0.3 is 5.97 Å². The molecule has 0 bridgehead atoms. The first-order valence-corrected chi connectivity index (χ1v) is 5.43. The highest BCUT2D eigenvalue weighted by Crippen LogP contribution is 2.33. The third-order valence-corrected chi connectivity index (χ3v) is 3.07. The Balaban J connectivity index is 2.23. The highest BCUT2D eigenvalue weighted by molar-refractivity contribution is 5.82. The average Bonchev–Trinajstić information content (AvgIpc) is 2.31. The van der Waals surface area contributed by atoms with E-state index in [2.05, 4.69) is 0 Å². The molecule has 1 aromatic carbocycles. The predicted molar refractivity (Wildman–Crippen MR) is 65.6 cm³/mol. The van der Waals surface area contributed by atoms with Gasteiger partial charge in [0.25, 0.3) is 0 Å². The van der Waals surface area contributed by atoms with E-state index in [4.69, 9.17) is 5.11 Å². The summed E-state index contributed by atoms with van der Waals surface area (Å²) in [5.41, 5.74) is 1.16. The minimum absolute atomic E-state index is 0.226. The first-order valence-electron chi connectivity index (χ1n) is 5.43. The van der Waals surface area contributed by atoms with Gasteiger partial charge in [0, 0.05) is 0 Å². The highest BCUT2D eigenvalue weighted by atomic mass is 16.4. The number of allylic oxidation sites excluding steroid dienone is 3. The lowest BCUT2D eigenvalue weighted by Gasteiger charge is -2.23. The van der Waals surface area contributed by atoms with Gasteiger partial charge in [0.15, 0.2) is 0 Å². The Hall–Kier alpha value is -2.03. The van der Waals surface area contributed by atoms with E-state index in [1.807, 2.05) is 24.3 Å². The molecule has 3 heteroatoms. The summed E-state index contributed by atoms with van der Waals surface area (Å²) in [7, 11) is 0. The summed E-state index contributed by atoms with van der Waals surface area (Å²) < 4.78 is 0. The minimum atomic E-state index is -0.810.